The molecule has 542 valence electrons. The minimum Gasteiger partial charge on any atom is -0.399 e. The molecule has 2 fully saturated rings. The van der Waals surface area contributed by atoms with E-state index in [4.69, 9.17) is 18.6 Å². The van der Waals surface area contributed by atoms with Crippen molar-refractivity contribution in [2.75, 3.05) is 9.80 Å². The standard InChI is InChI=1S/C98H110B2N2O4/c1-15-19-21-23-27-81-67-94(92-64-62-90(66-70(92)6)102(86-55-43-78(44-56-86)74-35-31-72(26-18-4)32-36-74)88-59-47-80(48-60-88)76-39-51-84(52-40-76)100-105-97(11,12)98(13,14)106-100)82(28-24-22-20-16-2)68-93(81)91-63-61-89(65-69(91)5)101(85-53-41-77(42-54-85)73-33-29-71(25-17-3)30-34-73)87-57-45-79(46-58-87)75-37-49-83(50-38-75)99-103-95(7,8)96(9,10)104-99/h29-68H,15-28H2,1-14H3. The quantitative estimate of drug-likeness (QED) is 0.0360. The van der Waals surface area contributed by atoms with Crippen molar-refractivity contribution in [3.05, 3.63) is 276 Å². The molecule has 0 aliphatic carbocycles. The van der Waals surface area contributed by atoms with Gasteiger partial charge in [-0.25, -0.2) is 0 Å². The summed E-state index contributed by atoms with van der Waals surface area (Å²) >= 11 is 0. The minimum absolute atomic E-state index is 0.402. The van der Waals surface area contributed by atoms with Crippen LogP contribution in [0.4, 0.5) is 34.1 Å². The Hall–Kier alpha value is -9.01. The Labute approximate surface area is 635 Å². The van der Waals surface area contributed by atoms with E-state index in [0.29, 0.717) is 0 Å². The lowest BCUT2D eigenvalue weighted by Crippen LogP contribution is -2.41. The molecule has 0 saturated carbocycles. The van der Waals surface area contributed by atoms with Crippen molar-refractivity contribution in [2.45, 2.75) is 209 Å². The number of hydrogen-bond acceptors (Lipinski definition) is 6. The van der Waals surface area contributed by atoms with Crippen molar-refractivity contribution in [1.82, 2.24) is 0 Å². The molecule has 2 aliphatic heterocycles. The van der Waals surface area contributed by atoms with E-state index in [1.54, 1.807) is 0 Å². The van der Waals surface area contributed by atoms with Crippen molar-refractivity contribution in [1.29, 1.82) is 0 Å². The summed E-state index contributed by atoms with van der Waals surface area (Å²) in [5.74, 6) is 0. The molecule has 0 unspecified atom stereocenters. The SMILES string of the molecule is CCCCCCc1cc(-c2ccc(N(c3ccc(-c4ccc(CCC)cc4)cc3)c3ccc(-c4ccc(B5OC(C)(C)C(C)(C)O5)cc4)cc3)cc2C)c(CCCCCC)cc1-c1ccc(N(c2ccc(-c3ccc(CCC)cc3)cc2)c2ccc(-c3ccc(B4OC(C)(C)C(C)(C)O4)cc3)cc2)cc1C. The lowest BCUT2D eigenvalue weighted by Gasteiger charge is -2.32. The highest BCUT2D eigenvalue weighted by Crippen LogP contribution is 2.45. The molecule has 2 saturated heterocycles. The average Bonchev–Trinajstić information content (AvgIpc) is 1.22. The summed E-state index contributed by atoms with van der Waals surface area (Å²) in [4.78, 5) is 4.86. The van der Waals surface area contributed by atoms with Gasteiger partial charge in [-0.3, -0.25) is 0 Å². The Bertz CT molecular complexity index is 4420. The van der Waals surface area contributed by atoms with Gasteiger partial charge in [-0.05, 0) is 292 Å². The van der Waals surface area contributed by atoms with Crippen LogP contribution >= 0.6 is 0 Å². The first kappa shape index (κ1) is 75.2. The van der Waals surface area contributed by atoms with E-state index in [2.05, 4.69) is 349 Å². The molecule has 0 atom stereocenters. The monoisotopic (exact) mass is 1400 g/mol. The topological polar surface area (TPSA) is 43.4 Å². The lowest BCUT2D eigenvalue weighted by molar-refractivity contribution is 0.00578. The van der Waals surface area contributed by atoms with Crippen LogP contribution in [0.5, 0.6) is 0 Å². The summed E-state index contributed by atoms with van der Waals surface area (Å²) in [6.45, 7) is 30.6. The van der Waals surface area contributed by atoms with E-state index in [9.17, 15) is 0 Å². The van der Waals surface area contributed by atoms with Gasteiger partial charge in [0.1, 0.15) is 0 Å². The number of rotatable bonds is 28. The lowest BCUT2D eigenvalue weighted by atomic mass is 9.78. The molecule has 0 aromatic heterocycles. The van der Waals surface area contributed by atoms with E-state index in [-0.39, 0.29) is 0 Å². The Balaban J connectivity index is 0.851. The zero-order valence-electron chi connectivity index (χ0n) is 65.7. The average molecular weight is 1400 g/mol. The van der Waals surface area contributed by atoms with E-state index in [1.165, 1.54) is 116 Å². The fraction of sp³-hybridized carbons (Fsp3) is 0.327. The largest absolute Gasteiger partial charge is 0.494 e. The second-order valence-corrected chi connectivity index (χ2v) is 32.0. The van der Waals surface area contributed by atoms with E-state index < -0.39 is 36.6 Å². The van der Waals surface area contributed by atoms with Crippen LogP contribution < -0.4 is 20.7 Å². The van der Waals surface area contributed by atoms with Crippen molar-refractivity contribution >= 4 is 59.3 Å². The molecule has 0 bridgehead atoms. The molecule has 11 aromatic rings. The van der Waals surface area contributed by atoms with Crippen LogP contribution in [0.2, 0.25) is 0 Å². The van der Waals surface area contributed by atoms with Crippen LogP contribution in [0.15, 0.2) is 243 Å². The van der Waals surface area contributed by atoms with E-state index >= 15 is 0 Å². The highest BCUT2D eigenvalue weighted by Gasteiger charge is 2.53. The normalized spacial score (nSPS) is 15.0. The van der Waals surface area contributed by atoms with Crippen LogP contribution in [0.25, 0.3) is 66.8 Å². The molecule has 6 nitrogen and oxygen atoms in total. The van der Waals surface area contributed by atoms with Gasteiger partial charge < -0.3 is 28.4 Å². The molecule has 13 rings (SSSR count). The Morgan fingerprint density at radius 2 is 0.509 bits per heavy atom. The van der Waals surface area contributed by atoms with E-state index in [0.717, 1.165) is 119 Å². The first-order valence-corrected chi connectivity index (χ1v) is 39.6. The predicted octanol–water partition coefficient (Wildman–Crippen LogP) is 26.0. The van der Waals surface area contributed by atoms with Gasteiger partial charge in [0, 0.05) is 34.1 Å². The summed E-state index contributed by atoms with van der Waals surface area (Å²) in [6.07, 6.45) is 16.0. The number of aryl methyl sites for hydroxylation is 6. The Kier molecular flexibility index (Phi) is 23.1. The van der Waals surface area contributed by atoms with Crippen LogP contribution in [0.3, 0.4) is 0 Å². The smallest absolute Gasteiger partial charge is 0.399 e. The van der Waals surface area contributed by atoms with E-state index in [1.807, 2.05) is 0 Å². The van der Waals surface area contributed by atoms with Crippen molar-refractivity contribution in [3.63, 3.8) is 0 Å². The Morgan fingerprint density at radius 1 is 0.255 bits per heavy atom. The van der Waals surface area contributed by atoms with Gasteiger partial charge in [0.15, 0.2) is 0 Å². The van der Waals surface area contributed by atoms with Crippen LogP contribution in [0.1, 0.15) is 181 Å². The summed E-state index contributed by atoms with van der Waals surface area (Å²) in [5.41, 5.74) is 30.0. The zero-order valence-corrected chi connectivity index (χ0v) is 65.7. The van der Waals surface area contributed by atoms with Gasteiger partial charge in [-0.15, -0.1) is 0 Å². The number of unbranched alkanes of at least 4 members (excludes halogenated alkanes) is 6. The fourth-order valence-electron chi connectivity index (χ4n) is 15.3. The molecule has 8 heteroatoms. The van der Waals surface area contributed by atoms with Crippen molar-refractivity contribution < 1.29 is 18.6 Å². The second kappa shape index (κ2) is 32.6. The number of nitrogens with zero attached hydrogens (tertiary/aromatic N) is 2. The number of hydrogen-bond donors (Lipinski definition) is 0. The maximum Gasteiger partial charge on any atom is 0.494 e. The summed E-state index contributed by atoms with van der Waals surface area (Å²) in [5, 5.41) is 0. The second-order valence-electron chi connectivity index (χ2n) is 32.0. The molecule has 2 aliphatic rings. The highest BCUT2D eigenvalue weighted by atomic mass is 16.7. The van der Waals surface area contributed by atoms with Crippen molar-refractivity contribution in [2.24, 2.45) is 0 Å². The fourth-order valence-corrected chi connectivity index (χ4v) is 15.3. The highest BCUT2D eigenvalue weighted by molar-refractivity contribution is 6.62. The van der Waals surface area contributed by atoms with Crippen LogP contribution in [-0.4, -0.2) is 36.6 Å². The molecule has 11 aromatic carbocycles. The number of anilines is 6. The first-order chi connectivity index (χ1) is 51.1. The summed E-state index contributed by atoms with van der Waals surface area (Å²) < 4.78 is 25.7. The zero-order chi connectivity index (χ0) is 74.3. The van der Waals surface area contributed by atoms with Crippen LogP contribution in [0, 0.1) is 13.8 Å². The van der Waals surface area contributed by atoms with Gasteiger partial charge in [-0.1, -0.05) is 249 Å². The van der Waals surface area contributed by atoms with Gasteiger partial charge >= 0.3 is 14.2 Å². The molecule has 0 N–H and O–H groups in total. The summed E-state index contributed by atoms with van der Waals surface area (Å²) in [7, 11) is -0.811. The maximum atomic E-state index is 6.43. The first-order valence-electron chi connectivity index (χ1n) is 39.6. The molecule has 2 heterocycles. The molecule has 106 heavy (non-hydrogen) atoms. The van der Waals surface area contributed by atoms with Crippen molar-refractivity contribution in [3.8, 4) is 66.8 Å². The third-order valence-electron chi connectivity index (χ3n) is 23.1. The molecular weight excluding hydrogens is 1290 g/mol. The summed E-state index contributed by atoms with van der Waals surface area (Å²) in [6, 6.07) is 91.6. The molecule has 0 amide bonds. The van der Waals surface area contributed by atoms with Gasteiger partial charge in [0.05, 0.1) is 22.4 Å². The molecular formula is C98H110B2N2O4. The van der Waals surface area contributed by atoms with Gasteiger partial charge in [-0.2, -0.15) is 0 Å². The molecule has 0 spiro atoms. The van der Waals surface area contributed by atoms with Gasteiger partial charge in [0.2, 0.25) is 0 Å². The number of benzene rings is 11. The van der Waals surface area contributed by atoms with Crippen LogP contribution in [-0.2, 0) is 44.3 Å². The maximum absolute atomic E-state index is 6.43. The van der Waals surface area contributed by atoms with Gasteiger partial charge in [0.25, 0.3) is 0 Å². The Morgan fingerprint density at radius 3 is 0.764 bits per heavy atom. The molecule has 0 radical (unpaired) electrons. The predicted molar refractivity (Wildman–Crippen MR) is 453 cm³/mol. The minimum atomic E-state index is -0.405. The third-order valence-corrected chi connectivity index (χ3v) is 23.1. The third kappa shape index (κ3) is 16.6.